The molecule has 0 spiro atoms. The van der Waals surface area contributed by atoms with Crippen molar-refractivity contribution in [2.45, 2.75) is 6.42 Å². The van der Waals surface area contributed by atoms with Crippen LogP contribution in [-0.2, 0) is 9.53 Å². The van der Waals surface area contributed by atoms with Crippen LogP contribution in [0.3, 0.4) is 0 Å². The van der Waals surface area contributed by atoms with E-state index in [1.165, 1.54) is 0 Å². The van der Waals surface area contributed by atoms with Crippen LogP contribution in [0.25, 0.3) is 11.3 Å². The summed E-state index contributed by atoms with van der Waals surface area (Å²) in [7, 11) is 1.61. The summed E-state index contributed by atoms with van der Waals surface area (Å²) in [6, 6.07) is 12.5. The van der Waals surface area contributed by atoms with Gasteiger partial charge in [0.25, 0.3) is 5.91 Å². The number of carbonyl (C=O) groups is 2. The Morgan fingerprint density at radius 3 is 2.86 bits per heavy atom. The Bertz CT molecular complexity index is 889. The standard InChI is InChI=1S/C21H22N4O3/c1-28-10-9-25-14-15(11-19(25)26)13-24-21(27)17-6-4-16(5-7-17)20-18(12-22)3-2-8-23-20/h2-8,15H,9-11,13-14H2,1H3,(H,24,27)/t15-/m1/s1. The molecule has 7 heteroatoms. The molecule has 1 N–H and O–H groups in total. The lowest BCUT2D eigenvalue weighted by atomic mass is 10.0. The van der Waals surface area contributed by atoms with E-state index in [9.17, 15) is 14.9 Å². The minimum Gasteiger partial charge on any atom is -0.383 e. The lowest BCUT2D eigenvalue weighted by Crippen LogP contribution is -2.32. The average molecular weight is 378 g/mol. The normalized spacial score (nSPS) is 16.1. The monoisotopic (exact) mass is 378 g/mol. The van der Waals surface area contributed by atoms with Crippen LogP contribution in [0.15, 0.2) is 42.6 Å². The van der Waals surface area contributed by atoms with E-state index in [0.717, 1.165) is 5.56 Å². The summed E-state index contributed by atoms with van der Waals surface area (Å²) < 4.78 is 5.01. The van der Waals surface area contributed by atoms with Crippen molar-refractivity contribution in [2.24, 2.45) is 5.92 Å². The Labute approximate surface area is 163 Å². The van der Waals surface area contributed by atoms with Gasteiger partial charge in [-0.05, 0) is 24.3 Å². The van der Waals surface area contributed by atoms with Gasteiger partial charge in [-0.2, -0.15) is 5.26 Å². The number of benzene rings is 1. The number of methoxy groups -OCH3 is 1. The van der Waals surface area contributed by atoms with Gasteiger partial charge in [0.2, 0.25) is 5.91 Å². The van der Waals surface area contributed by atoms with Gasteiger partial charge in [0.05, 0.1) is 17.9 Å². The summed E-state index contributed by atoms with van der Waals surface area (Å²) >= 11 is 0. The van der Waals surface area contributed by atoms with Crippen molar-refractivity contribution in [2.75, 3.05) is 33.4 Å². The number of nitrogens with one attached hydrogen (secondary N) is 1. The van der Waals surface area contributed by atoms with Crippen LogP contribution in [0.4, 0.5) is 0 Å². The third-order valence-corrected chi connectivity index (χ3v) is 4.76. The summed E-state index contributed by atoms with van der Waals surface area (Å²) in [5, 5.41) is 12.1. The molecule has 1 aliphatic rings. The number of nitriles is 1. The Morgan fingerprint density at radius 1 is 1.36 bits per heavy atom. The number of likely N-dealkylation sites (tertiary alicyclic amines) is 1. The maximum atomic E-state index is 12.4. The number of hydrogen-bond donors (Lipinski definition) is 1. The lowest BCUT2D eigenvalue weighted by molar-refractivity contribution is -0.128. The number of rotatable bonds is 7. The van der Waals surface area contributed by atoms with Gasteiger partial charge in [0.1, 0.15) is 6.07 Å². The average Bonchev–Trinajstić information content (AvgIpc) is 3.10. The molecule has 0 radical (unpaired) electrons. The van der Waals surface area contributed by atoms with E-state index in [4.69, 9.17) is 4.74 Å². The predicted molar refractivity (Wildman–Crippen MR) is 103 cm³/mol. The topological polar surface area (TPSA) is 95.3 Å². The number of nitrogens with zero attached hydrogens (tertiary/aromatic N) is 3. The van der Waals surface area contributed by atoms with Gasteiger partial charge in [-0.25, -0.2) is 0 Å². The third-order valence-electron chi connectivity index (χ3n) is 4.76. The molecule has 1 aromatic carbocycles. The van der Waals surface area contributed by atoms with E-state index in [1.54, 1.807) is 54.6 Å². The first-order valence-corrected chi connectivity index (χ1v) is 9.13. The molecule has 0 unspecified atom stereocenters. The minimum absolute atomic E-state index is 0.101. The molecule has 1 aliphatic heterocycles. The maximum Gasteiger partial charge on any atom is 0.251 e. The highest BCUT2D eigenvalue weighted by atomic mass is 16.5. The van der Waals surface area contributed by atoms with E-state index in [2.05, 4.69) is 16.4 Å². The van der Waals surface area contributed by atoms with Gasteiger partial charge in [0.15, 0.2) is 0 Å². The van der Waals surface area contributed by atoms with Gasteiger partial charge in [-0.3, -0.25) is 14.6 Å². The van der Waals surface area contributed by atoms with Gasteiger partial charge in [-0.1, -0.05) is 12.1 Å². The Balaban J connectivity index is 1.57. The maximum absolute atomic E-state index is 12.4. The van der Waals surface area contributed by atoms with Crippen LogP contribution < -0.4 is 5.32 Å². The summed E-state index contributed by atoms with van der Waals surface area (Å²) in [6.07, 6.45) is 2.08. The second-order valence-corrected chi connectivity index (χ2v) is 6.70. The zero-order valence-electron chi connectivity index (χ0n) is 15.7. The van der Waals surface area contributed by atoms with Gasteiger partial charge < -0.3 is 15.0 Å². The van der Waals surface area contributed by atoms with Gasteiger partial charge >= 0.3 is 0 Å². The molecule has 2 aromatic rings. The molecule has 0 aliphatic carbocycles. The number of pyridine rings is 1. The van der Waals surface area contributed by atoms with E-state index < -0.39 is 0 Å². The molecule has 0 bridgehead atoms. The van der Waals surface area contributed by atoms with Crippen LogP contribution in [-0.4, -0.2) is 55.0 Å². The summed E-state index contributed by atoms with van der Waals surface area (Å²) in [6.45, 7) is 2.19. The van der Waals surface area contributed by atoms with E-state index >= 15 is 0 Å². The van der Waals surface area contributed by atoms with Crippen molar-refractivity contribution in [3.63, 3.8) is 0 Å². The molecular weight excluding hydrogens is 356 g/mol. The summed E-state index contributed by atoms with van der Waals surface area (Å²) in [5.74, 6) is 0.0273. The van der Waals surface area contributed by atoms with Crippen LogP contribution >= 0.6 is 0 Å². The molecule has 144 valence electrons. The number of aromatic nitrogens is 1. The van der Waals surface area contributed by atoms with Crippen molar-refractivity contribution >= 4 is 11.8 Å². The van der Waals surface area contributed by atoms with Crippen LogP contribution in [0.1, 0.15) is 22.3 Å². The third kappa shape index (κ3) is 4.53. The first-order chi connectivity index (χ1) is 13.6. The zero-order valence-corrected chi connectivity index (χ0v) is 15.7. The summed E-state index contributed by atoms with van der Waals surface area (Å²) in [4.78, 5) is 30.4. The quantitative estimate of drug-likeness (QED) is 0.793. The predicted octanol–water partition coefficient (Wildman–Crippen LogP) is 1.84. The molecule has 2 amide bonds. The fourth-order valence-electron chi connectivity index (χ4n) is 3.25. The fourth-order valence-corrected chi connectivity index (χ4v) is 3.25. The van der Waals surface area contributed by atoms with Crippen molar-refractivity contribution in [1.29, 1.82) is 5.26 Å². The van der Waals surface area contributed by atoms with Crippen molar-refractivity contribution < 1.29 is 14.3 Å². The second kappa shape index (κ2) is 9.11. The van der Waals surface area contributed by atoms with Crippen LogP contribution in [0.2, 0.25) is 0 Å². The second-order valence-electron chi connectivity index (χ2n) is 6.70. The molecule has 1 fully saturated rings. The minimum atomic E-state index is -0.184. The Hall–Kier alpha value is -3.24. The SMILES string of the molecule is COCCN1C[C@@H](CNC(=O)c2ccc(-c3ncccc3C#N)cc2)CC1=O. The molecule has 7 nitrogen and oxygen atoms in total. The molecular formula is C21H22N4O3. The van der Waals surface area contributed by atoms with Gasteiger partial charge in [-0.15, -0.1) is 0 Å². The highest BCUT2D eigenvalue weighted by Crippen LogP contribution is 2.21. The molecule has 1 atom stereocenters. The smallest absolute Gasteiger partial charge is 0.251 e. The first-order valence-electron chi connectivity index (χ1n) is 9.13. The Morgan fingerprint density at radius 2 is 2.14 bits per heavy atom. The zero-order chi connectivity index (χ0) is 19.9. The lowest BCUT2D eigenvalue weighted by Gasteiger charge is -2.16. The Kier molecular flexibility index (Phi) is 6.35. The summed E-state index contributed by atoms with van der Waals surface area (Å²) in [5.41, 5.74) is 2.39. The number of amides is 2. The molecule has 1 saturated heterocycles. The van der Waals surface area contributed by atoms with E-state index in [0.29, 0.717) is 49.5 Å². The highest BCUT2D eigenvalue weighted by molar-refractivity contribution is 5.94. The molecule has 28 heavy (non-hydrogen) atoms. The van der Waals surface area contributed by atoms with Crippen molar-refractivity contribution in [3.05, 3.63) is 53.7 Å². The van der Waals surface area contributed by atoms with Crippen molar-refractivity contribution in [3.8, 4) is 17.3 Å². The molecule has 3 rings (SSSR count). The van der Waals surface area contributed by atoms with Gasteiger partial charge in [0, 0.05) is 56.4 Å². The number of carbonyl (C=O) groups excluding carboxylic acids is 2. The van der Waals surface area contributed by atoms with Crippen LogP contribution in [0.5, 0.6) is 0 Å². The molecule has 0 saturated carbocycles. The highest BCUT2D eigenvalue weighted by Gasteiger charge is 2.29. The van der Waals surface area contributed by atoms with Crippen LogP contribution in [0, 0.1) is 17.2 Å². The molecule has 2 heterocycles. The largest absolute Gasteiger partial charge is 0.383 e. The van der Waals surface area contributed by atoms with E-state index in [1.807, 2.05) is 0 Å². The van der Waals surface area contributed by atoms with E-state index in [-0.39, 0.29) is 17.7 Å². The molecule has 1 aromatic heterocycles. The number of hydrogen-bond acceptors (Lipinski definition) is 5. The first kappa shape index (κ1) is 19.5. The van der Waals surface area contributed by atoms with Crippen molar-refractivity contribution in [1.82, 2.24) is 15.2 Å². The number of ether oxygens (including phenoxy) is 1. The fraction of sp³-hybridized carbons (Fsp3) is 0.333.